The molecule has 2 aromatic rings. The van der Waals surface area contributed by atoms with Gasteiger partial charge in [-0.3, -0.25) is 4.79 Å². The van der Waals surface area contributed by atoms with Crippen molar-refractivity contribution in [1.29, 1.82) is 0 Å². The van der Waals surface area contributed by atoms with Crippen LogP contribution in [0.15, 0.2) is 42.5 Å². The Labute approximate surface area is 109 Å². The molecule has 4 N–H and O–H groups in total. The van der Waals surface area contributed by atoms with E-state index in [-0.39, 0.29) is 11.6 Å². The fraction of sp³-hybridized carbons (Fsp3) is 0. The summed E-state index contributed by atoms with van der Waals surface area (Å²) in [6, 6.07) is 11.9. The second kappa shape index (κ2) is 5.48. The molecule has 6 heteroatoms. The normalized spacial score (nSPS) is 9.89. The number of nitrogen functional groups attached to an aromatic ring is 1. The summed E-state index contributed by atoms with van der Waals surface area (Å²) in [7, 11) is 0. The van der Waals surface area contributed by atoms with Gasteiger partial charge in [-0.1, -0.05) is 29.8 Å². The van der Waals surface area contributed by atoms with Crippen LogP contribution in [0.4, 0.5) is 11.5 Å². The summed E-state index contributed by atoms with van der Waals surface area (Å²) in [5.74, 6) is 5.30. The van der Waals surface area contributed by atoms with Crippen LogP contribution in [0, 0.1) is 0 Å². The monoisotopic (exact) mass is 262 g/mol. The molecule has 18 heavy (non-hydrogen) atoms. The summed E-state index contributed by atoms with van der Waals surface area (Å²) in [4.78, 5) is 16.0. The number of hydrogen-bond donors (Lipinski definition) is 3. The quantitative estimate of drug-likeness (QED) is 0.586. The van der Waals surface area contributed by atoms with Gasteiger partial charge in [0.05, 0.1) is 10.7 Å². The van der Waals surface area contributed by atoms with Crippen molar-refractivity contribution in [3.63, 3.8) is 0 Å². The van der Waals surface area contributed by atoms with Crippen molar-refractivity contribution in [2.75, 3.05) is 10.7 Å². The zero-order valence-electron chi connectivity index (χ0n) is 9.35. The topological polar surface area (TPSA) is 80.0 Å². The van der Waals surface area contributed by atoms with Gasteiger partial charge in [-0.2, -0.15) is 0 Å². The number of carbonyl (C=O) groups excluding carboxylic acids is 1. The third-order valence-corrected chi connectivity index (χ3v) is 2.58. The maximum atomic E-state index is 11.9. The van der Waals surface area contributed by atoms with Crippen LogP contribution in [-0.2, 0) is 0 Å². The van der Waals surface area contributed by atoms with E-state index in [1.54, 1.807) is 42.5 Å². The highest BCUT2D eigenvalue weighted by molar-refractivity contribution is 6.33. The molecule has 1 aromatic carbocycles. The maximum absolute atomic E-state index is 11.9. The van der Waals surface area contributed by atoms with Crippen LogP contribution in [-0.4, -0.2) is 10.9 Å². The number of nitrogens with one attached hydrogen (secondary N) is 2. The molecule has 0 saturated heterocycles. The zero-order chi connectivity index (χ0) is 13.0. The van der Waals surface area contributed by atoms with Gasteiger partial charge in [-0.05, 0) is 24.3 Å². The van der Waals surface area contributed by atoms with Gasteiger partial charge in [-0.15, -0.1) is 0 Å². The first-order chi connectivity index (χ1) is 8.70. The number of para-hydroxylation sites is 1. The first-order valence-electron chi connectivity index (χ1n) is 5.20. The molecular weight excluding hydrogens is 252 g/mol. The highest BCUT2D eigenvalue weighted by Crippen LogP contribution is 2.21. The van der Waals surface area contributed by atoms with Gasteiger partial charge >= 0.3 is 0 Å². The molecule has 0 saturated carbocycles. The number of rotatable bonds is 3. The van der Waals surface area contributed by atoms with E-state index in [0.717, 1.165) is 0 Å². The number of nitrogens with two attached hydrogens (primary N) is 1. The summed E-state index contributed by atoms with van der Waals surface area (Å²) < 4.78 is 0. The number of benzene rings is 1. The van der Waals surface area contributed by atoms with E-state index in [9.17, 15) is 4.79 Å². The van der Waals surface area contributed by atoms with Crippen molar-refractivity contribution in [1.82, 2.24) is 4.98 Å². The van der Waals surface area contributed by atoms with Crippen molar-refractivity contribution in [3.05, 3.63) is 53.2 Å². The van der Waals surface area contributed by atoms with Crippen LogP contribution in [0.3, 0.4) is 0 Å². The second-order valence-electron chi connectivity index (χ2n) is 3.49. The number of pyridine rings is 1. The van der Waals surface area contributed by atoms with Crippen LogP contribution in [0.5, 0.6) is 0 Å². The van der Waals surface area contributed by atoms with Crippen molar-refractivity contribution in [2.24, 2.45) is 5.84 Å². The molecule has 0 bridgehead atoms. The van der Waals surface area contributed by atoms with E-state index in [4.69, 9.17) is 17.4 Å². The van der Waals surface area contributed by atoms with Gasteiger partial charge in [-0.25, -0.2) is 10.8 Å². The van der Waals surface area contributed by atoms with Crippen LogP contribution < -0.4 is 16.6 Å². The second-order valence-corrected chi connectivity index (χ2v) is 3.89. The number of hydrogen-bond acceptors (Lipinski definition) is 4. The lowest BCUT2D eigenvalue weighted by Crippen LogP contribution is -2.16. The molecule has 0 aliphatic heterocycles. The number of nitrogens with zero attached hydrogens (tertiary/aromatic N) is 1. The van der Waals surface area contributed by atoms with Crippen LogP contribution in [0.2, 0.25) is 5.02 Å². The Morgan fingerprint density at radius 1 is 1.17 bits per heavy atom. The average Bonchev–Trinajstić information content (AvgIpc) is 2.41. The van der Waals surface area contributed by atoms with E-state index >= 15 is 0 Å². The molecule has 0 atom stereocenters. The van der Waals surface area contributed by atoms with E-state index in [2.05, 4.69) is 15.7 Å². The molecule has 0 unspecified atom stereocenters. The van der Waals surface area contributed by atoms with Gasteiger partial charge in [0.25, 0.3) is 5.91 Å². The minimum absolute atomic E-state index is 0.255. The van der Waals surface area contributed by atoms with Crippen molar-refractivity contribution < 1.29 is 4.79 Å². The molecule has 92 valence electrons. The summed E-state index contributed by atoms with van der Waals surface area (Å²) >= 11 is 5.95. The standard InChI is InChI=1S/C12H11ClN4O/c13-8-4-1-2-5-9(8)16-12(18)10-6-3-7-11(15-10)17-14/h1-7H,14H2,(H,15,17)(H,16,18). The smallest absolute Gasteiger partial charge is 0.274 e. The van der Waals surface area contributed by atoms with Crippen molar-refractivity contribution in [2.45, 2.75) is 0 Å². The largest absolute Gasteiger partial charge is 0.319 e. The summed E-state index contributed by atoms with van der Waals surface area (Å²) in [5, 5.41) is 3.15. The van der Waals surface area contributed by atoms with Gasteiger partial charge in [0.1, 0.15) is 11.5 Å². The number of aromatic nitrogens is 1. The number of amides is 1. The molecule has 5 nitrogen and oxygen atoms in total. The van der Waals surface area contributed by atoms with Crippen molar-refractivity contribution >= 4 is 29.0 Å². The minimum atomic E-state index is -0.347. The lowest BCUT2D eigenvalue weighted by atomic mass is 10.3. The Kier molecular flexibility index (Phi) is 3.76. The minimum Gasteiger partial charge on any atom is -0.319 e. The molecule has 0 spiro atoms. The predicted molar refractivity (Wildman–Crippen MR) is 71.5 cm³/mol. The van der Waals surface area contributed by atoms with Crippen molar-refractivity contribution in [3.8, 4) is 0 Å². The molecular formula is C12H11ClN4O. The maximum Gasteiger partial charge on any atom is 0.274 e. The third-order valence-electron chi connectivity index (χ3n) is 2.25. The fourth-order valence-electron chi connectivity index (χ4n) is 1.39. The van der Waals surface area contributed by atoms with Gasteiger partial charge in [0, 0.05) is 0 Å². The molecule has 0 aliphatic carbocycles. The highest BCUT2D eigenvalue weighted by atomic mass is 35.5. The lowest BCUT2D eigenvalue weighted by molar-refractivity contribution is 0.102. The molecule has 1 aromatic heterocycles. The summed E-state index contributed by atoms with van der Waals surface area (Å²) in [5.41, 5.74) is 3.17. The number of anilines is 2. The first-order valence-corrected chi connectivity index (χ1v) is 5.58. The first kappa shape index (κ1) is 12.3. The molecule has 0 radical (unpaired) electrons. The molecule has 0 aliphatic rings. The molecule has 1 heterocycles. The Morgan fingerprint density at radius 2 is 1.94 bits per heavy atom. The van der Waals surface area contributed by atoms with Gasteiger partial charge in [0.15, 0.2) is 0 Å². The van der Waals surface area contributed by atoms with E-state index in [1.807, 2.05) is 0 Å². The average molecular weight is 263 g/mol. The SMILES string of the molecule is NNc1cccc(C(=O)Nc2ccccc2Cl)n1. The van der Waals surface area contributed by atoms with E-state index in [0.29, 0.717) is 16.5 Å². The fourth-order valence-corrected chi connectivity index (χ4v) is 1.57. The Morgan fingerprint density at radius 3 is 2.67 bits per heavy atom. The number of hydrazine groups is 1. The molecule has 2 rings (SSSR count). The van der Waals surface area contributed by atoms with E-state index < -0.39 is 0 Å². The van der Waals surface area contributed by atoms with Crippen LogP contribution in [0.25, 0.3) is 0 Å². The van der Waals surface area contributed by atoms with Gasteiger partial charge in [0.2, 0.25) is 0 Å². The Balaban J connectivity index is 2.19. The molecule has 0 fully saturated rings. The van der Waals surface area contributed by atoms with E-state index in [1.165, 1.54) is 0 Å². The number of carbonyl (C=O) groups is 1. The highest BCUT2D eigenvalue weighted by Gasteiger charge is 2.09. The lowest BCUT2D eigenvalue weighted by Gasteiger charge is -2.07. The zero-order valence-corrected chi connectivity index (χ0v) is 10.1. The third kappa shape index (κ3) is 2.77. The van der Waals surface area contributed by atoms with Gasteiger partial charge < -0.3 is 10.7 Å². The molecule has 1 amide bonds. The predicted octanol–water partition coefficient (Wildman–Crippen LogP) is 2.27. The van der Waals surface area contributed by atoms with Crippen LogP contribution >= 0.6 is 11.6 Å². The van der Waals surface area contributed by atoms with Crippen LogP contribution in [0.1, 0.15) is 10.5 Å². The summed E-state index contributed by atoms with van der Waals surface area (Å²) in [6.07, 6.45) is 0. The Hall–Kier alpha value is -2.11. The Bertz CT molecular complexity index is 574. The summed E-state index contributed by atoms with van der Waals surface area (Å²) in [6.45, 7) is 0. The number of halogens is 1.